The maximum absolute atomic E-state index is 5.96. The van der Waals surface area contributed by atoms with Crippen LogP contribution in [0.2, 0.25) is 4.34 Å². The normalized spacial score (nSPS) is 21.2. The van der Waals surface area contributed by atoms with Crippen molar-refractivity contribution in [2.75, 3.05) is 6.54 Å². The molecule has 100 valence electrons. The Morgan fingerprint density at radius 1 is 1.44 bits per heavy atom. The molecule has 0 amide bonds. The molecular weight excluding hydrogens is 284 g/mol. The van der Waals surface area contributed by atoms with Gasteiger partial charge in [-0.2, -0.15) is 0 Å². The number of thiophene rings is 1. The second-order valence-corrected chi connectivity index (χ2v) is 8.06. The summed E-state index contributed by atoms with van der Waals surface area (Å²) in [7, 11) is 0. The van der Waals surface area contributed by atoms with Crippen LogP contribution in [-0.4, -0.2) is 17.0 Å². The summed E-state index contributed by atoms with van der Waals surface area (Å²) in [6.45, 7) is 7.63. The van der Waals surface area contributed by atoms with Crippen LogP contribution >= 0.6 is 34.7 Å². The van der Waals surface area contributed by atoms with Crippen molar-refractivity contribution in [3.63, 3.8) is 0 Å². The van der Waals surface area contributed by atoms with E-state index in [0.717, 1.165) is 22.0 Å². The van der Waals surface area contributed by atoms with Gasteiger partial charge in [0.25, 0.3) is 0 Å². The van der Waals surface area contributed by atoms with Gasteiger partial charge in [0.1, 0.15) is 0 Å². The molecule has 2 unspecified atom stereocenters. The number of amidine groups is 1. The fourth-order valence-electron chi connectivity index (χ4n) is 1.96. The van der Waals surface area contributed by atoms with Gasteiger partial charge in [0.15, 0.2) is 5.17 Å². The van der Waals surface area contributed by atoms with Crippen molar-refractivity contribution < 1.29 is 0 Å². The van der Waals surface area contributed by atoms with Crippen LogP contribution in [0.3, 0.4) is 0 Å². The van der Waals surface area contributed by atoms with E-state index >= 15 is 0 Å². The third-order valence-corrected chi connectivity index (χ3v) is 5.37. The molecule has 0 fully saturated rings. The summed E-state index contributed by atoms with van der Waals surface area (Å²) < 4.78 is 0.845. The molecule has 0 radical (unpaired) electrons. The van der Waals surface area contributed by atoms with Gasteiger partial charge in [-0.3, -0.25) is 4.99 Å². The summed E-state index contributed by atoms with van der Waals surface area (Å²) in [5.74, 6) is 0.741. The van der Waals surface area contributed by atoms with E-state index in [1.165, 1.54) is 11.3 Å². The lowest BCUT2D eigenvalue weighted by molar-refractivity contribution is 0.575. The van der Waals surface area contributed by atoms with E-state index in [1.54, 1.807) is 11.3 Å². The molecule has 0 aromatic carbocycles. The molecule has 1 N–H and O–H groups in total. The smallest absolute Gasteiger partial charge is 0.157 e. The molecule has 0 saturated heterocycles. The van der Waals surface area contributed by atoms with E-state index in [1.807, 2.05) is 17.8 Å². The largest absolute Gasteiger partial charge is 0.358 e. The predicted molar refractivity (Wildman–Crippen MR) is 84.0 cm³/mol. The maximum atomic E-state index is 5.96. The maximum Gasteiger partial charge on any atom is 0.157 e. The van der Waals surface area contributed by atoms with Crippen molar-refractivity contribution in [3.8, 4) is 0 Å². The number of halogens is 1. The van der Waals surface area contributed by atoms with Crippen LogP contribution in [0.1, 0.15) is 38.1 Å². The Labute approximate surface area is 122 Å². The topological polar surface area (TPSA) is 24.4 Å². The molecule has 1 aromatic rings. The molecule has 2 atom stereocenters. The first-order valence-corrected chi connectivity index (χ1v) is 8.35. The fourth-order valence-corrected chi connectivity index (χ4v) is 4.37. The summed E-state index contributed by atoms with van der Waals surface area (Å²) in [5, 5.41) is 5.20. The molecule has 2 nitrogen and oxygen atoms in total. The van der Waals surface area contributed by atoms with Crippen LogP contribution < -0.4 is 5.32 Å². The van der Waals surface area contributed by atoms with Gasteiger partial charge in [0.05, 0.1) is 16.9 Å². The van der Waals surface area contributed by atoms with Crippen LogP contribution in [0.5, 0.6) is 0 Å². The molecule has 1 aliphatic heterocycles. The van der Waals surface area contributed by atoms with Gasteiger partial charge in [-0.15, -0.1) is 11.3 Å². The molecular formula is C13H19ClN2S2. The Morgan fingerprint density at radius 2 is 2.22 bits per heavy atom. The van der Waals surface area contributed by atoms with Crippen LogP contribution in [0.25, 0.3) is 0 Å². The molecule has 2 rings (SSSR count). The van der Waals surface area contributed by atoms with Gasteiger partial charge in [-0.1, -0.05) is 37.2 Å². The van der Waals surface area contributed by atoms with Crippen molar-refractivity contribution in [1.82, 2.24) is 5.32 Å². The van der Waals surface area contributed by atoms with Crippen LogP contribution in [0, 0.1) is 5.92 Å². The van der Waals surface area contributed by atoms with Gasteiger partial charge in [0, 0.05) is 10.1 Å². The number of nitrogens with one attached hydrogen (secondary N) is 1. The lowest BCUT2D eigenvalue weighted by Gasteiger charge is -2.14. The second-order valence-electron chi connectivity index (χ2n) is 5.02. The van der Waals surface area contributed by atoms with Gasteiger partial charge in [-0.05, 0) is 31.4 Å². The van der Waals surface area contributed by atoms with E-state index in [0.29, 0.717) is 5.25 Å². The number of rotatable bonds is 4. The monoisotopic (exact) mass is 302 g/mol. The Balaban J connectivity index is 1.84. The molecule has 1 aromatic heterocycles. The number of hydrogen-bond donors (Lipinski definition) is 1. The average molecular weight is 303 g/mol. The minimum atomic E-state index is 0.284. The highest BCUT2D eigenvalue weighted by atomic mass is 35.5. The third-order valence-electron chi connectivity index (χ3n) is 2.81. The molecule has 0 spiro atoms. The van der Waals surface area contributed by atoms with Gasteiger partial charge < -0.3 is 5.32 Å². The first-order valence-electron chi connectivity index (χ1n) is 6.27. The van der Waals surface area contributed by atoms with Crippen molar-refractivity contribution >= 4 is 39.9 Å². The van der Waals surface area contributed by atoms with Crippen molar-refractivity contribution in [2.24, 2.45) is 10.9 Å². The summed E-state index contributed by atoms with van der Waals surface area (Å²) in [6, 6.07) is 4.31. The zero-order valence-electron chi connectivity index (χ0n) is 10.9. The van der Waals surface area contributed by atoms with E-state index < -0.39 is 0 Å². The van der Waals surface area contributed by atoms with Crippen LogP contribution in [-0.2, 0) is 0 Å². The quantitative estimate of drug-likeness (QED) is 0.881. The summed E-state index contributed by atoms with van der Waals surface area (Å²) in [5.41, 5.74) is 0. The molecule has 0 saturated carbocycles. The number of nitrogens with zero attached hydrogens (tertiary/aromatic N) is 1. The minimum absolute atomic E-state index is 0.284. The first-order chi connectivity index (χ1) is 8.54. The highest BCUT2D eigenvalue weighted by Crippen LogP contribution is 2.30. The van der Waals surface area contributed by atoms with Crippen molar-refractivity contribution in [2.45, 2.75) is 38.5 Å². The Kier molecular flexibility index (Phi) is 4.98. The minimum Gasteiger partial charge on any atom is -0.358 e. The number of aliphatic imine (C=N–C) groups is 1. The molecule has 1 aliphatic rings. The van der Waals surface area contributed by atoms with Gasteiger partial charge in [-0.25, -0.2) is 0 Å². The van der Waals surface area contributed by atoms with Crippen LogP contribution in [0.4, 0.5) is 0 Å². The highest BCUT2D eigenvalue weighted by Gasteiger charge is 2.22. The van der Waals surface area contributed by atoms with Gasteiger partial charge in [0.2, 0.25) is 0 Å². The van der Waals surface area contributed by atoms with E-state index in [9.17, 15) is 0 Å². The summed E-state index contributed by atoms with van der Waals surface area (Å²) >= 11 is 9.47. The van der Waals surface area contributed by atoms with Gasteiger partial charge >= 0.3 is 0 Å². The van der Waals surface area contributed by atoms with E-state index in [4.69, 9.17) is 11.6 Å². The molecule has 18 heavy (non-hydrogen) atoms. The van der Waals surface area contributed by atoms with E-state index in [-0.39, 0.29) is 6.04 Å². The van der Waals surface area contributed by atoms with Crippen molar-refractivity contribution in [1.29, 1.82) is 0 Å². The lowest BCUT2D eigenvalue weighted by Crippen LogP contribution is -2.22. The Bertz CT molecular complexity index is 428. The molecule has 2 heterocycles. The van der Waals surface area contributed by atoms with Crippen molar-refractivity contribution in [3.05, 3.63) is 21.3 Å². The zero-order chi connectivity index (χ0) is 13.1. The number of hydrogen-bond acceptors (Lipinski definition) is 4. The summed E-state index contributed by atoms with van der Waals surface area (Å²) in [4.78, 5) is 5.84. The van der Waals surface area contributed by atoms with Crippen LogP contribution in [0.15, 0.2) is 17.1 Å². The highest BCUT2D eigenvalue weighted by molar-refractivity contribution is 8.14. The first kappa shape index (κ1) is 14.2. The summed E-state index contributed by atoms with van der Waals surface area (Å²) in [6.07, 6.45) is 1.23. The standard InChI is InChI=1S/C13H19ClN2S2/c1-8(2)6-10-7-15-13(17-10)16-9(3)11-4-5-12(14)18-11/h4-5,8-10H,6-7H2,1-3H3,(H,15,16). The Morgan fingerprint density at radius 3 is 2.83 bits per heavy atom. The second kappa shape index (κ2) is 6.31. The SMILES string of the molecule is CC(C)CC1CN=C(NC(C)c2ccc(Cl)s2)S1. The lowest BCUT2D eigenvalue weighted by atomic mass is 10.1. The third kappa shape index (κ3) is 3.90. The van der Waals surface area contributed by atoms with E-state index in [2.05, 4.69) is 37.1 Å². The Hall–Kier alpha value is -0.190. The predicted octanol–water partition coefficient (Wildman–Crippen LogP) is 4.57. The zero-order valence-corrected chi connectivity index (χ0v) is 13.3. The molecule has 0 aliphatic carbocycles. The molecule has 5 heteroatoms. The fraction of sp³-hybridized carbons (Fsp3) is 0.615. The number of thioether (sulfide) groups is 1. The average Bonchev–Trinajstić information content (AvgIpc) is 2.87. The molecule has 0 bridgehead atoms.